The van der Waals surface area contributed by atoms with E-state index in [9.17, 15) is 40.7 Å². The Morgan fingerprint density at radius 2 is 1.11 bits per heavy atom. The zero-order valence-electron chi connectivity index (χ0n) is 19.0. The number of hydrogen-bond acceptors (Lipinski definition) is 8. The van der Waals surface area contributed by atoms with Crippen LogP contribution in [0.1, 0.15) is 26.7 Å². The lowest BCUT2D eigenvalue weighted by molar-refractivity contribution is -0.193. The Balaban J connectivity index is -0.000000632. The second-order valence-electron chi connectivity index (χ2n) is 7.00. The standard InChI is InChI=1S/C13H27N5O4.2C2HF3O2/c1-7(2)10(18-11(19)8(16)3-5-14)12(20)17-9(4-6-15)13(21)22;2*3-2(4,5)1(6)7/h7-10H,3-6,14-16H2,1-2H3,(H,17,20)(H,18,19)(H,21,22);2*(H,6,7)/t8-,9-,10-;;/m0../s1. The summed E-state index contributed by atoms with van der Waals surface area (Å²) in [4.78, 5) is 52.9. The molecule has 0 aromatic heterocycles. The van der Waals surface area contributed by atoms with Gasteiger partial charge in [-0.1, -0.05) is 13.8 Å². The van der Waals surface area contributed by atoms with Gasteiger partial charge >= 0.3 is 30.3 Å². The minimum absolute atomic E-state index is 0.104. The molecule has 19 heteroatoms. The average molecular weight is 545 g/mol. The summed E-state index contributed by atoms with van der Waals surface area (Å²) in [5.41, 5.74) is 16.3. The molecule has 3 atom stereocenters. The molecule has 0 aromatic rings. The topological polar surface area (TPSA) is 248 Å². The van der Waals surface area contributed by atoms with Crippen LogP contribution in [-0.2, 0) is 24.0 Å². The second-order valence-corrected chi connectivity index (χ2v) is 7.00. The number of hydrogen-bond donors (Lipinski definition) is 8. The maximum Gasteiger partial charge on any atom is 0.490 e. The number of carbonyl (C=O) groups excluding carboxylic acids is 2. The highest BCUT2D eigenvalue weighted by molar-refractivity contribution is 5.91. The minimum Gasteiger partial charge on any atom is -0.480 e. The highest BCUT2D eigenvalue weighted by Gasteiger charge is 2.39. The van der Waals surface area contributed by atoms with E-state index in [1.807, 2.05) is 0 Å². The summed E-state index contributed by atoms with van der Waals surface area (Å²) in [7, 11) is 0. The predicted molar refractivity (Wildman–Crippen MR) is 109 cm³/mol. The van der Waals surface area contributed by atoms with E-state index in [2.05, 4.69) is 10.6 Å². The molecule has 0 saturated carbocycles. The summed E-state index contributed by atoms with van der Waals surface area (Å²) >= 11 is 0. The molecule has 0 radical (unpaired) electrons. The molecule has 0 aliphatic rings. The van der Waals surface area contributed by atoms with Crippen LogP contribution in [-0.4, -0.2) is 88.6 Å². The van der Waals surface area contributed by atoms with Crippen molar-refractivity contribution in [2.45, 2.75) is 57.2 Å². The number of amides is 2. The van der Waals surface area contributed by atoms with Crippen molar-refractivity contribution < 1.29 is 65.6 Å². The van der Waals surface area contributed by atoms with Crippen LogP contribution in [0.5, 0.6) is 0 Å². The molecule has 0 aliphatic heterocycles. The first-order valence-corrected chi connectivity index (χ1v) is 9.72. The number of rotatable bonds is 10. The fourth-order valence-corrected chi connectivity index (χ4v) is 1.79. The van der Waals surface area contributed by atoms with Crippen molar-refractivity contribution in [2.75, 3.05) is 13.1 Å². The van der Waals surface area contributed by atoms with Gasteiger partial charge in [0.15, 0.2) is 0 Å². The van der Waals surface area contributed by atoms with E-state index in [1.54, 1.807) is 13.8 Å². The molecule has 0 bridgehead atoms. The first-order valence-electron chi connectivity index (χ1n) is 9.72. The van der Waals surface area contributed by atoms with E-state index < -0.39 is 60.2 Å². The van der Waals surface area contributed by atoms with Crippen molar-refractivity contribution in [3.05, 3.63) is 0 Å². The van der Waals surface area contributed by atoms with Crippen molar-refractivity contribution >= 4 is 29.7 Å². The number of carboxylic acid groups (broad SMARTS) is 3. The van der Waals surface area contributed by atoms with E-state index in [4.69, 9.17) is 42.1 Å². The summed E-state index contributed by atoms with van der Waals surface area (Å²) in [5.74, 6) is -8.00. The molecule has 13 nitrogen and oxygen atoms in total. The molecule has 0 rings (SSSR count). The smallest absolute Gasteiger partial charge is 0.480 e. The Labute approximate surface area is 200 Å². The van der Waals surface area contributed by atoms with Crippen LogP contribution in [0, 0.1) is 5.92 Å². The number of halogens is 6. The molecule has 0 heterocycles. The molecule has 2 amide bonds. The van der Waals surface area contributed by atoms with E-state index in [1.165, 1.54) is 0 Å². The van der Waals surface area contributed by atoms with E-state index >= 15 is 0 Å². The van der Waals surface area contributed by atoms with Gasteiger partial charge in [-0.2, -0.15) is 26.3 Å². The van der Waals surface area contributed by atoms with Crippen LogP contribution < -0.4 is 27.8 Å². The predicted octanol–water partition coefficient (Wildman–Crippen LogP) is -1.01. The molecule has 0 fully saturated rings. The summed E-state index contributed by atoms with van der Waals surface area (Å²) in [6.07, 6.45) is -9.77. The van der Waals surface area contributed by atoms with Gasteiger partial charge in [0, 0.05) is 0 Å². The Kier molecular flexibility index (Phi) is 17.9. The number of carbonyl (C=O) groups is 5. The van der Waals surface area contributed by atoms with Crippen molar-refractivity contribution in [1.29, 1.82) is 0 Å². The fraction of sp³-hybridized carbons (Fsp3) is 0.706. The summed E-state index contributed by atoms with van der Waals surface area (Å²) < 4.78 is 63.5. The van der Waals surface area contributed by atoms with Crippen LogP contribution >= 0.6 is 0 Å². The third-order valence-corrected chi connectivity index (χ3v) is 3.62. The monoisotopic (exact) mass is 545 g/mol. The zero-order valence-corrected chi connectivity index (χ0v) is 19.0. The van der Waals surface area contributed by atoms with Crippen molar-refractivity contribution in [3.8, 4) is 0 Å². The van der Waals surface area contributed by atoms with Gasteiger partial charge in [0.2, 0.25) is 11.8 Å². The Hall–Kier alpha value is -3.19. The van der Waals surface area contributed by atoms with E-state index in [0.717, 1.165) is 0 Å². The summed E-state index contributed by atoms with van der Waals surface area (Å²) in [6, 6.07) is -2.78. The highest BCUT2D eigenvalue weighted by atomic mass is 19.4. The van der Waals surface area contributed by atoms with Gasteiger partial charge < -0.3 is 43.2 Å². The van der Waals surface area contributed by atoms with Crippen LogP contribution in [0.15, 0.2) is 0 Å². The number of nitrogens with two attached hydrogens (primary N) is 3. The van der Waals surface area contributed by atoms with Crippen LogP contribution in [0.3, 0.4) is 0 Å². The average Bonchev–Trinajstić information content (AvgIpc) is 2.70. The third-order valence-electron chi connectivity index (χ3n) is 3.62. The Bertz CT molecular complexity index is 709. The molecule has 36 heavy (non-hydrogen) atoms. The summed E-state index contributed by atoms with van der Waals surface area (Å²) in [6.45, 7) is 3.84. The van der Waals surface area contributed by atoms with Gasteiger partial charge in [0.1, 0.15) is 12.1 Å². The molecule has 0 aliphatic carbocycles. The maximum absolute atomic E-state index is 12.2. The lowest BCUT2D eigenvalue weighted by Crippen LogP contribution is -2.56. The van der Waals surface area contributed by atoms with Gasteiger partial charge in [0.25, 0.3) is 0 Å². The molecule has 0 spiro atoms. The molecular formula is C17H29F6N5O8. The van der Waals surface area contributed by atoms with Gasteiger partial charge in [-0.3, -0.25) is 9.59 Å². The lowest BCUT2D eigenvalue weighted by atomic mass is 10.0. The molecular weight excluding hydrogens is 516 g/mol. The van der Waals surface area contributed by atoms with Crippen LogP contribution in [0.4, 0.5) is 26.3 Å². The fourth-order valence-electron chi connectivity index (χ4n) is 1.79. The van der Waals surface area contributed by atoms with Crippen molar-refractivity contribution in [3.63, 3.8) is 0 Å². The largest absolute Gasteiger partial charge is 0.490 e. The lowest BCUT2D eigenvalue weighted by Gasteiger charge is -2.25. The van der Waals surface area contributed by atoms with Crippen molar-refractivity contribution in [1.82, 2.24) is 10.6 Å². The number of nitrogens with one attached hydrogen (secondary N) is 2. The number of alkyl halides is 6. The van der Waals surface area contributed by atoms with Crippen LogP contribution in [0.2, 0.25) is 0 Å². The molecule has 0 saturated heterocycles. The number of carboxylic acids is 3. The minimum atomic E-state index is -5.08. The molecule has 11 N–H and O–H groups in total. The first kappa shape index (κ1) is 37.4. The normalized spacial score (nSPS) is 13.6. The Morgan fingerprint density at radius 3 is 1.36 bits per heavy atom. The van der Waals surface area contributed by atoms with Crippen LogP contribution in [0.25, 0.3) is 0 Å². The van der Waals surface area contributed by atoms with Gasteiger partial charge in [-0.05, 0) is 31.8 Å². The quantitative estimate of drug-likeness (QED) is 0.154. The van der Waals surface area contributed by atoms with Gasteiger partial charge in [-0.25, -0.2) is 14.4 Å². The molecule has 212 valence electrons. The maximum atomic E-state index is 12.2. The Morgan fingerprint density at radius 1 is 0.750 bits per heavy atom. The van der Waals surface area contributed by atoms with Gasteiger partial charge in [0.05, 0.1) is 6.04 Å². The highest BCUT2D eigenvalue weighted by Crippen LogP contribution is 2.13. The first-order chi connectivity index (χ1) is 16.1. The van der Waals surface area contributed by atoms with Gasteiger partial charge in [-0.15, -0.1) is 0 Å². The van der Waals surface area contributed by atoms with E-state index in [0.29, 0.717) is 6.42 Å². The van der Waals surface area contributed by atoms with Crippen molar-refractivity contribution in [2.24, 2.45) is 23.1 Å². The second kappa shape index (κ2) is 17.3. The third kappa shape index (κ3) is 18.2. The van der Waals surface area contributed by atoms with E-state index in [-0.39, 0.29) is 25.4 Å². The molecule has 0 unspecified atom stereocenters. The SMILES string of the molecule is CC(C)[C@H](NC(=O)[C@@H](N)CCN)C(=O)N[C@@H](CCN)C(=O)O.O=C(O)C(F)(F)F.O=C(O)C(F)(F)F. The number of aliphatic carboxylic acids is 3. The zero-order chi connectivity index (χ0) is 29.4. The summed E-state index contributed by atoms with van der Waals surface area (Å²) in [5, 5.41) is 28.2. The molecule has 0 aromatic carbocycles.